The number of carbonyl (C=O) groups excluding carboxylic acids is 1. The van der Waals surface area contributed by atoms with Crippen LogP contribution in [0, 0.1) is 0 Å². The molecule has 0 fully saturated rings. The average molecular weight is 340 g/mol. The number of ether oxygens (including phenoxy) is 4. The largest absolute Gasteiger partial charge is 0.496 e. The Morgan fingerprint density at radius 3 is 2.48 bits per heavy atom. The predicted molar refractivity (Wildman–Crippen MR) is 90.4 cm³/mol. The lowest BCUT2D eigenvalue weighted by molar-refractivity contribution is 0.0535. The Labute approximate surface area is 143 Å². The Morgan fingerprint density at radius 1 is 0.960 bits per heavy atom. The normalized spacial score (nSPS) is 12.8. The number of esters is 1. The van der Waals surface area contributed by atoms with E-state index in [1.54, 1.807) is 33.7 Å². The SMILES string of the molecule is COc1ccc(-c2c3c(c(OC)c4ccoc24)COC3=O)cc1OC. The van der Waals surface area contributed by atoms with E-state index in [-0.39, 0.29) is 6.61 Å². The molecule has 1 aliphatic rings. The molecular weight excluding hydrogens is 324 g/mol. The Bertz CT molecular complexity index is 985. The third-order valence-corrected chi connectivity index (χ3v) is 4.39. The van der Waals surface area contributed by atoms with Crippen LogP contribution < -0.4 is 14.2 Å². The third-order valence-electron chi connectivity index (χ3n) is 4.39. The molecule has 0 N–H and O–H groups in total. The molecule has 0 spiro atoms. The second-order valence-electron chi connectivity index (χ2n) is 5.57. The number of carbonyl (C=O) groups is 1. The van der Waals surface area contributed by atoms with Gasteiger partial charge in [-0.2, -0.15) is 0 Å². The van der Waals surface area contributed by atoms with E-state index in [1.807, 2.05) is 18.2 Å². The molecule has 0 unspecified atom stereocenters. The molecule has 0 saturated carbocycles. The molecule has 4 rings (SSSR count). The molecule has 0 radical (unpaired) electrons. The standard InChI is InChI=1S/C19H16O6/c1-21-13-5-4-10(8-14(13)22-2)15-16-12(9-25-19(16)20)17(23-3)11-6-7-24-18(11)15/h4-8H,9H2,1-3H3. The molecule has 6 heteroatoms. The molecule has 1 aliphatic heterocycles. The lowest BCUT2D eigenvalue weighted by Crippen LogP contribution is -2.00. The van der Waals surface area contributed by atoms with Crippen molar-refractivity contribution in [1.29, 1.82) is 0 Å². The van der Waals surface area contributed by atoms with E-state index >= 15 is 0 Å². The van der Waals surface area contributed by atoms with Crippen LogP contribution in [0.3, 0.4) is 0 Å². The number of hydrogen-bond donors (Lipinski definition) is 0. The lowest BCUT2D eigenvalue weighted by Gasteiger charge is -2.14. The van der Waals surface area contributed by atoms with Gasteiger partial charge in [0.25, 0.3) is 0 Å². The van der Waals surface area contributed by atoms with Gasteiger partial charge in [0.05, 0.1) is 38.5 Å². The van der Waals surface area contributed by atoms with Crippen LogP contribution in [-0.2, 0) is 11.3 Å². The first kappa shape index (κ1) is 15.4. The van der Waals surface area contributed by atoms with Gasteiger partial charge in [-0.3, -0.25) is 0 Å². The Hall–Kier alpha value is -3.15. The fourth-order valence-corrected chi connectivity index (χ4v) is 3.30. The zero-order valence-electron chi connectivity index (χ0n) is 14.0. The Balaban J connectivity index is 2.08. The number of methoxy groups -OCH3 is 3. The maximum Gasteiger partial charge on any atom is 0.339 e. The van der Waals surface area contributed by atoms with Gasteiger partial charge >= 0.3 is 5.97 Å². The van der Waals surface area contributed by atoms with E-state index in [0.717, 1.165) is 16.5 Å². The van der Waals surface area contributed by atoms with Crippen molar-refractivity contribution in [2.75, 3.05) is 21.3 Å². The fourth-order valence-electron chi connectivity index (χ4n) is 3.30. The first-order valence-electron chi connectivity index (χ1n) is 7.69. The topological polar surface area (TPSA) is 67.1 Å². The van der Waals surface area contributed by atoms with E-state index in [4.69, 9.17) is 23.4 Å². The molecule has 0 atom stereocenters. The van der Waals surface area contributed by atoms with Crippen molar-refractivity contribution in [3.8, 4) is 28.4 Å². The number of cyclic esters (lactones) is 1. The van der Waals surface area contributed by atoms with E-state index in [9.17, 15) is 4.79 Å². The van der Waals surface area contributed by atoms with Gasteiger partial charge in [0, 0.05) is 11.1 Å². The summed E-state index contributed by atoms with van der Waals surface area (Å²) in [5.74, 6) is 1.38. The zero-order chi connectivity index (χ0) is 17.6. The number of furan rings is 1. The molecule has 25 heavy (non-hydrogen) atoms. The highest BCUT2D eigenvalue weighted by Crippen LogP contribution is 2.46. The monoisotopic (exact) mass is 340 g/mol. The zero-order valence-corrected chi connectivity index (χ0v) is 14.0. The van der Waals surface area contributed by atoms with Crippen molar-refractivity contribution in [2.24, 2.45) is 0 Å². The van der Waals surface area contributed by atoms with Crippen LogP contribution in [0.2, 0.25) is 0 Å². The number of hydrogen-bond acceptors (Lipinski definition) is 6. The quantitative estimate of drug-likeness (QED) is 0.673. The van der Waals surface area contributed by atoms with Gasteiger partial charge in [0.1, 0.15) is 17.9 Å². The third kappa shape index (κ3) is 2.14. The summed E-state index contributed by atoms with van der Waals surface area (Å²) >= 11 is 0. The average Bonchev–Trinajstić information content (AvgIpc) is 3.26. The van der Waals surface area contributed by atoms with Crippen LogP contribution in [0.25, 0.3) is 22.1 Å². The summed E-state index contributed by atoms with van der Waals surface area (Å²) in [4.78, 5) is 12.4. The van der Waals surface area contributed by atoms with Gasteiger partial charge in [-0.25, -0.2) is 4.79 Å². The molecule has 0 bridgehead atoms. The van der Waals surface area contributed by atoms with Crippen LogP contribution in [0.4, 0.5) is 0 Å². The summed E-state index contributed by atoms with van der Waals surface area (Å²) in [7, 11) is 4.71. The van der Waals surface area contributed by atoms with Crippen LogP contribution in [0.1, 0.15) is 15.9 Å². The van der Waals surface area contributed by atoms with Crippen molar-refractivity contribution >= 4 is 16.9 Å². The van der Waals surface area contributed by atoms with Gasteiger partial charge in [-0.1, -0.05) is 6.07 Å². The molecule has 0 amide bonds. The van der Waals surface area contributed by atoms with Crippen molar-refractivity contribution in [1.82, 2.24) is 0 Å². The van der Waals surface area contributed by atoms with Gasteiger partial charge in [0.2, 0.25) is 0 Å². The van der Waals surface area contributed by atoms with Crippen LogP contribution in [0.5, 0.6) is 17.2 Å². The second-order valence-corrected chi connectivity index (χ2v) is 5.57. The van der Waals surface area contributed by atoms with Crippen LogP contribution in [-0.4, -0.2) is 27.3 Å². The first-order chi connectivity index (χ1) is 12.2. The molecule has 128 valence electrons. The van der Waals surface area contributed by atoms with Gasteiger partial charge in [-0.15, -0.1) is 0 Å². The maximum absolute atomic E-state index is 12.4. The summed E-state index contributed by atoms with van der Waals surface area (Å²) in [6, 6.07) is 7.28. The summed E-state index contributed by atoms with van der Waals surface area (Å²) in [5.41, 5.74) is 3.20. The van der Waals surface area contributed by atoms with Crippen LogP contribution >= 0.6 is 0 Å². The Kier molecular flexibility index (Phi) is 3.53. The van der Waals surface area contributed by atoms with Gasteiger partial charge in [-0.05, 0) is 23.8 Å². The highest BCUT2D eigenvalue weighted by atomic mass is 16.5. The molecule has 0 saturated heterocycles. The van der Waals surface area contributed by atoms with Crippen molar-refractivity contribution in [3.05, 3.63) is 41.7 Å². The van der Waals surface area contributed by atoms with E-state index in [0.29, 0.717) is 34.0 Å². The molecule has 1 aromatic heterocycles. The van der Waals surface area contributed by atoms with Crippen molar-refractivity contribution < 1.29 is 28.2 Å². The minimum Gasteiger partial charge on any atom is -0.496 e. The molecule has 0 aliphatic carbocycles. The number of rotatable bonds is 4. The summed E-state index contributed by atoms with van der Waals surface area (Å²) < 4.78 is 27.1. The first-order valence-corrected chi connectivity index (χ1v) is 7.69. The highest BCUT2D eigenvalue weighted by molar-refractivity contribution is 6.11. The molecule has 6 nitrogen and oxygen atoms in total. The van der Waals surface area contributed by atoms with E-state index in [1.165, 1.54) is 0 Å². The van der Waals surface area contributed by atoms with Gasteiger partial charge in [0.15, 0.2) is 11.5 Å². The minimum atomic E-state index is -0.392. The summed E-state index contributed by atoms with van der Waals surface area (Å²) in [6.07, 6.45) is 1.58. The highest BCUT2D eigenvalue weighted by Gasteiger charge is 2.33. The maximum atomic E-state index is 12.4. The number of fused-ring (bicyclic) bond motifs is 2. The van der Waals surface area contributed by atoms with Gasteiger partial charge < -0.3 is 23.4 Å². The van der Waals surface area contributed by atoms with Crippen LogP contribution in [0.15, 0.2) is 34.9 Å². The minimum absolute atomic E-state index is 0.179. The predicted octanol–water partition coefficient (Wildman–Crippen LogP) is 3.80. The molecular formula is C19H16O6. The van der Waals surface area contributed by atoms with Crippen molar-refractivity contribution in [3.63, 3.8) is 0 Å². The number of benzene rings is 2. The lowest BCUT2D eigenvalue weighted by atomic mass is 9.93. The van der Waals surface area contributed by atoms with E-state index < -0.39 is 5.97 Å². The fraction of sp³-hybridized carbons (Fsp3) is 0.211. The summed E-state index contributed by atoms with van der Waals surface area (Å²) in [6.45, 7) is 0.179. The molecule has 2 aromatic carbocycles. The Morgan fingerprint density at radius 2 is 1.76 bits per heavy atom. The molecule has 2 heterocycles. The van der Waals surface area contributed by atoms with E-state index in [2.05, 4.69) is 0 Å². The summed E-state index contributed by atoms with van der Waals surface area (Å²) in [5, 5.41) is 0.796. The van der Waals surface area contributed by atoms with Crippen molar-refractivity contribution in [2.45, 2.75) is 6.61 Å². The second kappa shape index (κ2) is 5.73. The smallest absolute Gasteiger partial charge is 0.339 e. The molecule has 3 aromatic rings.